The largest absolute Gasteiger partial charge is 0.449 e. The molecule has 28 heavy (non-hydrogen) atoms. The Labute approximate surface area is 169 Å². The van der Waals surface area contributed by atoms with E-state index in [1.807, 2.05) is 0 Å². The molecule has 2 aromatic carbocycles. The lowest BCUT2D eigenvalue weighted by Gasteiger charge is -2.13. The highest BCUT2D eigenvalue weighted by Crippen LogP contribution is 2.25. The first-order valence-corrected chi connectivity index (χ1v) is 8.69. The molecule has 2 rings (SSSR count). The molecular weight excluding hydrogens is 415 g/mol. The summed E-state index contributed by atoms with van der Waals surface area (Å²) in [5.41, 5.74) is 0.852. The van der Waals surface area contributed by atoms with Gasteiger partial charge in [0.1, 0.15) is 5.75 Å². The number of carbonyl (C=O) groups excluding carboxylic acids is 2. The molecule has 0 aliphatic heterocycles. The van der Waals surface area contributed by atoms with Gasteiger partial charge in [-0.05, 0) is 48.9 Å². The van der Waals surface area contributed by atoms with E-state index in [9.17, 15) is 18.4 Å². The number of benzene rings is 2. The second-order valence-corrected chi connectivity index (χ2v) is 6.32. The number of esters is 1. The van der Waals surface area contributed by atoms with Gasteiger partial charge >= 0.3 is 12.6 Å². The summed E-state index contributed by atoms with van der Waals surface area (Å²) in [6.07, 6.45) is 1.43. The minimum atomic E-state index is -2.91. The third-order valence-corrected chi connectivity index (χ3v) is 3.93. The van der Waals surface area contributed by atoms with Crippen molar-refractivity contribution in [3.05, 3.63) is 64.1 Å². The van der Waals surface area contributed by atoms with Crippen molar-refractivity contribution >= 4 is 46.8 Å². The van der Waals surface area contributed by atoms with Crippen LogP contribution in [0, 0.1) is 0 Å². The van der Waals surface area contributed by atoms with Crippen molar-refractivity contribution in [1.82, 2.24) is 0 Å². The van der Waals surface area contributed by atoms with Crippen molar-refractivity contribution in [1.29, 1.82) is 0 Å². The molecule has 0 fully saturated rings. The van der Waals surface area contributed by atoms with Crippen molar-refractivity contribution in [3.8, 4) is 5.75 Å². The van der Waals surface area contributed by atoms with Crippen LogP contribution in [0.5, 0.6) is 5.75 Å². The van der Waals surface area contributed by atoms with Crippen LogP contribution in [0.1, 0.15) is 12.5 Å². The van der Waals surface area contributed by atoms with E-state index in [4.69, 9.17) is 27.9 Å². The van der Waals surface area contributed by atoms with Crippen molar-refractivity contribution in [3.63, 3.8) is 0 Å². The van der Waals surface area contributed by atoms with Gasteiger partial charge in [-0.3, -0.25) is 4.79 Å². The number of ether oxygens (including phenoxy) is 2. The fourth-order valence-corrected chi connectivity index (χ4v) is 2.36. The van der Waals surface area contributed by atoms with Crippen molar-refractivity contribution in [2.45, 2.75) is 19.6 Å². The van der Waals surface area contributed by atoms with E-state index in [0.29, 0.717) is 16.3 Å². The van der Waals surface area contributed by atoms with E-state index in [0.717, 1.165) is 6.08 Å². The number of anilines is 1. The van der Waals surface area contributed by atoms with Crippen molar-refractivity contribution < 1.29 is 27.8 Å². The molecule has 0 saturated heterocycles. The van der Waals surface area contributed by atoms with E-state index in [1.54, 1.807) is 6.07 Å². The third-order valence-electron chi connectivity index (χ3n) is 3.37. The Balaban J connectivity index is 1.89. The Morgan fingerprint density at radius 2 is 1.79 bits per heavy atom. The lowest BCUT2D eigenvalue weighted by atomic mass is 10.2. The molecule has 0 aromatic heterocycles. The first kappa shape index (κ1) is 21.7. The quantitative estimate of drug-likeness (QED) is 0.486. The molecule has 5 nitrogen and oxygen atoms in total. The Morgan fingerprint density at radius 3 is 2.43 bits per heavy atom. The molecule has 1 unspecified atom stereocenters. The highest BCUT2D eigenvalue weighted by molar-refractivity contribution is 6.35. The van der Waals surface area contributed by atoms with Crippen LogP contribution in [0.2, 0.25) is 10.0 Å². The number of halogens is 4. The van der Waals surface area contributed by atoms with Gasteiger partial charge in [0.25, 0.3) is 5.91 Å². The van der Waals surface area contributed by atoms with Gasteiger partial charge in [0.2, 0.25) is 0 Å². The monoisotopic (exact) mass is 429 g/mol. The summed E-state index contributed by atoms with van der Waals surface area (Å²) in [6.45, 7) is -1.51. The maximum absolute atomic E-state index is 12.1. The smallest absolute Gasteiger partial charge is 0.387 e. The van der Waals surface area contributed by atoms with E-state index < -0.39 is 24.6 Å². The van der Waals surface area contributed by atoms with E-state index >= 15 is 0 Å². The molecule has 2 aromatic rings. The van der Waals surface area contributed by atoms with E-state index in [1.165, 1.54) is 49.4 Å². The molecule has 0 spiro atoms. The number of alkyl halides is 2. The lowest BCUT2D eigenvalue weighted by Crippen LogP contribution is -2.29. The fourth-order valence-electron chi connectivity index (χ4n) is 2.02. The minimum absolute atomic E-state index is 0.000281. The number of amides is 1. The van der Waals surface area contributed by atoms with Gasteiger partial charge in [0.05, 0.1) is 10.7 Å². The average Bonchev–Trinajstić information content (AvgIpc) is 2.63. The Kier molecular flexibility index (Phi) is 7.78. The minimum Gasteiger partial charge on any atom is -0.449 e. The second-order valence-electron chi connectivity index (χ2n) is 5.47. The Morgan fingerprint density at radius 1 is 1.11 bits per heavy atom. The van der Waals surface area contributed by atoms with Gasteiger partial charge in [0, 0.05) is 11.1 Å². The molecule has 9 heteroatoms. The van der Waals surface area contributed by atoms with E-state index in [-0.39, 0.29) is 10.8 Å². The van der Waals surface area contributed by atoms with E-state index in [2.05, 4.69) is 10.1 Å². The zero-order valence-corrected chi connectivity index (χ0v) is 16.0. The predicted molar refractivity (Wildman–Crippen MR) is 103 cm³/mol. The summed E-state index contributed by atoms with van der Waals surface area (Å²) in [7, 11) is 0. The number of carbonyl (C=O) groups is 2. The summed E-state index contributed by atoms with van der Waals surface area (Å²) < 4.78 is 33.4. The zero-order valence-electron chi connectivity index (χ0n) is 14.5. The summed E-state index contributed by atoms with van der Waals surface area (Å²) in [5, 5.41) is 3.19. The summed E-state index contributed by atoms with van der Waals surface area (Å²) >= 11 is 11.8. The molecule has 0 radical (unpaired) electrons. The second kappa shape index (κ2) is 10.1. The van der Waals surface area contributed by atoms with Crippen LogP contribution in [0.15, 0.2) is 48.5 Å². The molecule has 0 aliphatic carbocycles. The number of rotatable bonds is 7. The Bertz CT molecular complexity index is 873. The van der Waals surface area contributed by atoms with Gasteiger partial charge < -0.3 is 14.8 Å². The topological polar surface area (TPSA) is 64.6 Å². The molecule has 0 bridgehead atoms. The number of hydrogen-bond acceptors (Lipinski definition) is 4. The molecule has 0 heterocycles. The highest BCUT2D eigenvalue weighted by atomic mass is 35.5. The molecule has 0 saturated carbocycles. The van der Waals surface area contributed by atoms with Gasteiger partial charge in [-0.1, -0.05) is 35.3 Å². The molecular formula is C19H15Cl2F2NO4. The van der Waals surface area contributed by atoms with Gasteiger partial charge in [-0.15, -0.1) is 0 Å². The van der Waals surface area contributed by atoms with Crippen LogP contribution in [0.4, 0.5) is 14.5 Å². The van der Waals surface area contributed by atoms with Gasteiger partial charge in [0.15, 0.2) is 6.10 Å². The fraction of sp³-hybridized carbons (Fsp3) is 0.158. The van der Waals surface area contributed by atoms with Gasteiger partial charge in [-0.25, -0.2) is 4.79 Å². The summed E-state index contributed by atoms with van der Waals surface area (Å²) in [4.78, 5) is 24.0. The van der Waals surface area contributed by atoms with Crippen LogP contribution in [0.25, 0.3) is 6.08 Å². The maximum atomic E-state index is 12.1. The first-order chi connectivity index (χ1) is 13.2. The van der Waals surface area contributed by atoms with Gasteiger partial charge in [-0.2, -0.15) is 8.78 Å². The van der Waals surface area contributed by atoms with Crippen LogP contribution in [0.3, 0.4) is 0 Å². The molecule has 1 atom stereocenters. The standard InChI is InChI=1S/C19H15Cl2F2NO4/c1-11(18(26)24-16-10-13(20)5-8-15(16)21)27-17(25)9-4-12-2-6-14(7-3-12)28-19(22)23/h2-11,19H,1H3,(H,24,26)/b9-4+. The number of hydrogen-bond donors (Lipinski definition) is 1. The summed E-state index contributed by atoms with van der Waals surface area (Å²) in [6, 6.07) is 10.2. The molecule has 1 amide bonds. The maximum Gasteiger partial charge on any atom is 0.387 e. The normalized spacial score (nSPS) is 12.1. The van der Waals surface area contributed by atoms with Crippen molar-refractivity contribution in [2.24, 2.45) is 0 Å². The first-order valence-electron chi connectivity index (χ1n) is 7.94. The molecule has 148 valence electrons. The number of nitrogens with one attached hydrogen (secondary N) is 1. The SMILES string of the molecule is CC(OC(=O)/C=C/c1ccc(OC(F)F)cc1)C(=O)Nc1cc(Cl)ccc1Cl. The summed E-state index contributed by atoms with van der Waals surface area (Å²) in [5.74, 6) is -1.34. The lowest BCUT2D eigenvalue weighted by molar-refractivity contribution is -0.148. The molecule has 1 N–H and O–H groups in total. The average molecular weight is 430 g/mol. The van der Waals surface area contributed by atoms with Crippen LogP contribution < -0.4 is 10.1 Å². The van der Waals surface area contributed by atoms with Crippen LogP contribution >= 0.6 is 23.2 Å². The molecule has 0 aliphatic rings. The highest BCUT2D eigenvalue weighted by Gasteiger charge is 2.18. The zero-order chi connectivity index (χ0) is 20.7. The van der Waals surface area contributed by atoms with Crippen LogP contribution in [-0.2, 0) is 14.3 Å². The Hall–Kier alpha value is -2.64. The van der Waals surface area contributed by atoms with Crippen LogP contribution in [-0.4, -0.2) is 24.6 Å². The predicted octanol–water partition coefficient (Wildman–Crippen LogP) is 5.18. The van der Waals surface area contributed by atoms with Crippen molar-refractivity contribution in [2.75, 3.05) is 5.32 Å². The third kappa shape index (κ3) is 6.83.